The molecule has 1 amide bonds. The maximum absolute atomic E-state index is 13.6. The number of pyridine rings is 2. The van der Waals surface area contributed by atoms with Crippen LogP contribution in [0.3, 0.4) is 0 Å². The molecule has 3 saturated carbocycles. The number of hydrogen-bond acceptors (Lipinski definition) is 9. The Kier molecular flexibility index (Phi) is 6.51. The Labute approximate surface area is 258 Å². The lowest BCUT2D eigenvalue weighted by molar-refractivity contribution is 0.0624. The van der Waals surface area contributed by atoms with E-state index >= 15 is 0 Å². The van der Waals surface area contributed by atoms with Crippen molar-refractivity contribution < 1.29 is 9.53 Å². The largest absolute Gasteiger partial charge is 0.370 e. The number of carbonyl (C=O) groups excluding carboxylic acids is 1. The second kappa shape index (κ2) is 10.1. The van der Waals surface area contributed by atoms with E-state index in [-0.39, 0.29) is 17.7 Å². The molecule has 43 heavy (non-hydrogen) atoms. The summed E-state index contributed by atoms with van der Waals surface area (Å²) in [5, 5.41) is 6.15. The van der Waals surface area contributed by atoms with Gasteiger partial charge in [0.1, 0.15) is 28.7 Å². The van der Waals surface area contributed by atoms with E-state index in [0.717, 1.165) is 71.8 Å². The van der Waals surface area contributed by atoms with Crippen LogP contribution in [0.15, 0.2) is 47.6 Å². The second-order valence-corrected chi connectivity index (χ2v) is 15.1. The average Bonchev–Trinajstić information content (AvgIpc) is 3.95. The molecule has 6 aliphatic rings. The number of nitrogens with zero attached hydrogens (tertiary/aromatic N) is 4. The van der Waals surface area contributed by atoms with E-state index in [4.69, 9.17) is 9.72 Å². The molecule has 3 aliphatic carbocycles. The number of ether oxygens (including phenoxy) is 1. The minimum atomic E-state index is -0.173. The molecule has 1 saturated heterocycles. The Balaban J connectivity index is 1.01. The third-order valence-corrected chi connectivity index (χ3v) is 12.1. The van der Waals surface area contributed by atoms with Crippen LogP contribution in [0.5, 0.6) is 0 Å². The molecule has 8 rings (SSSR count). The minimum absolute atomic E-state index is 0.135. The van der Waals surface area contributed by atoms with Crippen molar-refractivity contribution >= 4 is 35.3 Å². The number of nitrogens with one attached hydrogen (secondary N) is 3. The molecular weight excluding hydrogens is 558 g/mol. The Morgan fingerprint density at radius 2 is 1.91 bits per heavy atom. The van der Waals surface area contributed by atoms with Crippen molar-refractivity contribution in [3.8, 4) is 0 Å². The van der Waals surface area contributed by atoms with Gasteiger partial charge in [0.15, 0.2) is 0 Å². The standard InChI is InChI=1S/C33H43N7O2S/c1-21-9-16-34-25-5-4-6-28(35-25)43-38-30(41)23-7-8-26(36-29(23)39-20-22(21)19-31(39,2)3)40-17-10-27(37-40)42-18-11-24-32(12-13-32)33(24)14-15-33/h4-8,10,17,21-22,24,27,37H,9,11-16,18-20H2,1-3H3,(H,34,35)(H,38,41)/t21-,22?,27?/m0/s1. The van der Waals surface area contributed by atoms with Crippen molar-refractivity contribution in [3.63, 3.8) is 0 Å². The Morgan fingerprint density at radius 3 is 2.70 bits per heavy atom. The fraction of sp³-hybridized carbons (Fsp3) is 0.606. The molecule has 2 spiro atoms. The molecule has 10 heteroatoms. The molecule has 4 fully saturated rings. The van der Waals surface area contributed by atoms with Gasteiger partial charge in [-0.15, -0.1) is 0 Å². The van der Waals surface area contributed by atoms with Crippen LogP contribution in [-0.4, -0.2) is 47.3 Å². The lowest BCUT2D eigenvalue weighted by atomic mass is 9.86. The van der Waals surface area contributed by atoms with Gasteiger partial charge in [0.25, 0.3) is 5.91 Å². The number of carbonyl (C=O) groups is 1. The molecular formula is C33H43N7O2S. The maximum atomic E-state index is 13.6. The lowest BCUT2D eigenvalue weighted by Crippen LogP contribution is -2.41. The first-order chi connectivity index (χ1) is 20.8. The third kappa shape index (κ3) is 4.80. The van der Waals surface area contributed by atoms with E-state index in [1.807, 2.05) is 41.5 Å². The summed E-state index contributed by atoms with van der Waals surface area (Å²) in [7, 11) is 0. The molecule has 3 atom stereocenters. The Morgan fingerprint density at radius 1 is 1.09 bits per heavy atom. The van der Waals surface area contributed by atoms with E-state index in [9.17, 15) is 4.79 Å². The molecule has 2 aromatic rings. The van der Waals surface area contributed by atoms with E-state index in [2.05, 4.69) is 52.2 Å². The topological polar surface area (TPSA) is 94.7 Å². The van der Waals surface area contributed by atoms with E-state index in [1.54, 1.807) is 0 Å². The smallest absolute Gasteiger partial charge is 0.265 e. The van der Waals surface area contributed by atoms with Crippen molar-refractivity contribution in [2.45, 2.75) is 82.5 Å². The third-order valence-electron chi connectivity index (χ3n) is 11.4. The summed E-state index contributed by atoms with van der Waals surface area (Å²) in [6.45, 7) is 9.41. The summed E-state index contributed by atoms with van der Waals surface area (Å²) in [5.41, 5.74) is 5.34. The summed E-state index contributed by atoms with van der Waals surface area (Å²) in [6, 6.07) is 9.68. The molecule has 228 valence electrons. The van der Waals surface area contributed by atoms with Gasteiger partial charge >= 0.3 is 0 Å². The van der Waals surface area contributed by atoms with Gasteiger partial charge in [-0.25, -0.2) is 9.97 Å². The highest BCUT2D eigenvalue weighted by Gasteiger charge is 2.85. The van der Waals surface area contributed by atoms with Crippen LogP contribution in [0, 0.1) is 28.6 Å². The number of hydrazine groups is 1. The first-order valence-corrected chi connectivity index (χ1v) is 16.9. The predicted octanol–water partition coefficient (Wildman–Crippen LogP) is 5.73. The monoisotopic (exact) mass is 601 g/mol. The molecule has 0 radical (unpaired) electrons. The number of aromatic nitrogens is 2. The summed E-state index contributed by atoms with van der Waals surface area (Å²) in [6.07, 6.45) is 12.9. The number of hydrogen-bond donors (Lipinski definition) is 3. The van der Waals surface area contributed by atoms with Gasteiger partial charge in [0, 0.05) is 43.4 Å². The molecule has 3 N–H and O–H groups in total. The molecule has 2 aromatic heterocycles. The summed E-state index contributed by atoms with van der Waals surface area (Å²) in [5.74, 6) is 4.05. The molecule has 5 heterocycles. The van der Waals surface area contributed by atoms with E-state index in [1.165, 1.54) is 44.1 Å². The molecule has 9 nitrogen and oxygen atoms in total. The number of fused-ring (bicyclic) bond motifs is 7. The van der Waals surface area contributed by atoms with Gasteiger partial charge in [0.2, 0.25) is 0 Å². The predicted molar refractivity (Wildman–Crippen MR) is 170 cm³/mol. The van der Waals surface area contributed by atoms with Gasteiger partial charge < -0.3 is 15.0 Å². The van der Waals surface area contributed by atoms with Gasteiger partial charge in [-0.3, -0.25) is 14.5 Å². The number of anilines is 3. The molecule has 3 aliphatic heterocycles. The fourth-order valence-corrected chi connectivity index (χ4v) is 9.28. The number of rotatable bonds is 5. The second-order valence-electron chi connectivity index (χ2n) is 14.3. The average molecular weight is 602 g/mol. The zero-order valence-corrected chi connectivity index (χ0v) is 26.3. The molecule has 4 bridgehead atoms. The highest BCUT2D eigenvalue weighted by atomic mass is 32.2. The summed E-state index contributed by atoms with van der Waals surface area (Å²) in [4.78, 5) is 25.8. The van der Waals surface area contributed by atoms with Crippen LogP contribution in [0.25, 0.3) is 0 Å². The summed E-state index contributed by atoms with van der Waals surface area (Å²) >= 11 is 1.24. The van der Waals surface area contributed by atoms with Crippen LogP contribution in [-0.2, 0) is 4.74 Å². The highest BCUT2D eigenvalue weighted by Crippen LogP contribution is 2.93. The van der Waals surface area contributed by atoms with Crippen molar-refractivity contribution in [2.24, 2.45) is 28.6 Å². The summed E-state index contributed by atoms with van der Waals surface area (Å²) < 4.78 is 9.28. The van der Waals surface area contributed by atoms with Gasteiger partial charge in [0.05, 0.1) is 5.56 Å². The highest BCUT2D eigenvalue weighted by molar-refractivity contribution is 7.97. The molecule has 0 aromatic carbocycles. The van der Waals surface area contributed by atoms with Gasteiger partial charge in [-0.1, -0.05) is 13.0 Å². The fourth-order valence-electron chi connectivity index (χ4n) is 8.69. The van der Waals surface area contributed by atoms with Crippen LogP contribution < -0.4 is 25.4 Å². The Bertz CT molecular complexity index is 1440. The number of amides is 1. The van der Waals surface area contributed by atoms with E-state index in [0.29, 0.717) is 17.4 Å². The quantitative estimate of drug-likeness (QED) is 0.372. The van der Waals surface area contributed by atoms with Gasteiger partial charge in [-0.05, 0) is 118 Å². The van der Waals surface area contributed by atoms with Crippen LogP contribution >= 0.6 is 11.9 Å². The lowest BCUT2D eigenvalue weighted by Gasteiger charge is -2.34. The van der Waals surface area contributed by atoms with Crippen molar-refractivity contribution in [1.29, 1.82) is 0 Å². The normalized spacial score (nSPS) is 29.6. The van der Waals surface area contributed by atoms with Crippen LogP contribution in [0.2, 0.25) is 0 Å². The first kappa shape index (κ1) is 27.7. The van der Waals surface area contributed by atoms with Gasteiger partial charge in [-0.2, -0.15) is 5.43 Å². The Hall–Kier alpha value is -2.82. The van der Waals surface area contributed by atoms with E-state index < -0.39 is 0 Å². The van der Waals surface area contributed by atoms with Crippen LogP contribution in [0.4, 0.5) is 17.5 Å². The SMILES string of the molecule is C[C@H]1CCNc2cccc(n2)SNC(=O)c2ccc(N3C=CC(OCCC4C5(CC5)C45CC5)N3)nc2N2CC1CC2(C)C. The molecule has 2 unspecified atom stereocenters. The zero-order chi connectivity index (χ0) is 29.4. The maximum Gasteiger partial charge on any atom is 0.265 e. The zero-order valence-electron chi connectivity index (χ0n) is 25.4. The van der Waals surface area contributed by atoms with Crippen LogP contribution in [0.1, 0.15) is 76.1 Å². The van der Waals surface area contributed by atoms with Crippen molar-refractivity contribution in [3.05, 3.63) is 48.2 Å². The first-order valence-electron chi connectivity index (χ1n) is 16.1. The van der Waals surface area contributed by atoms with Crippen molar-refractivity contribution in [2.75, 3.05) is 34.9 Å². The minimum Gasteiger partial charge on any atom is -0.370 e. The van der Waals surface area contributed by atoms with Crippen molar-refractivity contribution in [1.82, 2.24) is 20.1 Å².